The molecule has 1 unspecified atom stereocenters. The Kier molecular flexibility index (Phi) is 4.65. The van der Waals surface area contributed by atoms with Crippen LogP contribution in [0.25, 0.3) is 5.82 Å². The van der Waals surface area contributed by atoms with Crippen molar-refractivity contribution in [2.24, 2.45) is 4.99 Å². The molecule has 1 saturated carbocycles. The smallest absolute Gasteiger partial charge is 0.191 e. The molecule has 2 aliphatic rings. The van der Waals surface area contributed by atoms with Crippen LogP contribution < -0.4 is 10.6 Å². The van der Waals surface area contributed by atoms with Gasteiger partial charge in [0.15, 0.2) is 5.96 Å². The molecule has 132 valence electrons. The van der Waals surface area contributed by atoms with Crippen LogP contribution in [0.1, 0.15) is 24.8 Å². The molecule has 7 heteroatoms. The van der Waals surface area contributed by atoms with Crippen molar-refractivity contribution >= 4 is 5.96 Å². The number of likely N-dealkylation sites (tertiary alicyclic amines) is 1. The maximum Gasteiger partial charge on any atom is 0.191 e. The third kappa shape index (κ3) is 3.82. The van der Waals surface area contributed by atoms with Gasteiger partial charge in [-0.15, -0.1) is 0 Å². The van der Waals surface area contributed by atoms with Crippen molar-refractivity contribution in [1.29, 1.82) is 0 Å². The van der Waals surface area contributed by atoms with E-state index < -0.39 is 0 Å². The Hall–Kier alpha value is -2.41. The highest BCUT2D eigenvalue weighted by molar-refractivity contribution is 5.80. The maximum atomic E-state index is 4.48. The van der Waals surface area contributed by atoms with Gasteiger partial charge in [0.25, 0.3) is 0 Å². The Morgan fingerprint density at radius 2 is 2.24 bits per heavy atom. The molecule has 1 aliphatic heterocycles. The number of pyridine rings is 1. The van der Waals surface area contributed by atoms with Crippen LogP contribution in [-0.2, 0) is 6.54 Å². The largest absolute Gasteiger partial charge is 0.352 e. The molecule has 2 fully saturated rings. The summed E-state index contributed by atoms with van der Waals surface area (Å²) in [5, 5.41) is 6.98. The summed E-state index contributed by atoms with van der Waals surface area (Å²) in [4.78, 5) is 15.6. The summed E-state index contributed by atoms with van der Waals surface area (Å²) >= 11 is 0. The first kappa shape index (κ1) is 16.1. The number of nitrogens with one attached hydrogen (secondary N) is 2. The van der Waals surface area contributed by atoms with E-state index in [0.717, 1.165) is 29.9 Å². The van der Waals surface area contributed by atoms with Crippen LogP contribution >= 0.6 is 0 Å². The van der Waals surface area contributed by atoms with E-state index in [-0.39, 0.29) is 0 Å². The molecule has 1 aliphatic carbocycles. The summed E-state index contributed by atoms with van der Waals surface area (Å²) in [6.07, 6.45) is 11.2. The molecule has 4 rings (SSSR count). The number of guanidine groups is 1. The molecule has 2 N–H and O–H groups in total. The lowest BCUT2D eigenvalue weighted by Crippen LogP contribution is -2.44. The van der Waals surface area contributed by atoms with Crippen molar-refractivity contribution in [2.75, 3.05) is 20.1 Å². The van der Waals surface area contributed by atoms with Crippen LogP contribution in [0.15, 0.2) is 42.0 Å². The quantitative estimate of drug-likeness (QED) is 0.632. The minimum absolute atomic E-state index is 0.480. The van der Waals surface area contributed by atoms with E-state index in [1.807, 2.05) is 23.9 Å². The molecule has 2 aromatic rings. The average Bonchev–Trinajstić information content (AvgIpc) is 3.16. The summed E-state index contributed by atoms with van der Waals surface area (Å²) in [5.41, 5.74) is 1.11. The molecule has 0 aromatic carbocycles. The molecule has 0 bridgehead atoms. The second-order valence-electron chi connectivity index (χ2n) is 6.74. The third-order valence-electron chi connectivity index (χ3n) is 4.91. The van der Waals surface area contributed by atoms with Gasteiger partial charge < -0.3 is 10.6 Å². The Morgan fingerprint density at radius 3 is 3.00 bits per heavy atom. The first-order valence-corrected chi connectivity index (χ1v) is 8.97. The highest BCUT2D eigenvalue weighted by Gasteiger charge is 2.34. The number of aromatic nitrogens is 3. The van der Waals surface area contributed by atoms with Crippen molar-refractivity contribution in [3.8, 4) is 5.82 Å². The molecule has 0 amide bonds. The Bertz CT molecular complexity index is 721. The second-order valence-corrected chi connectivity index (χ2v) is 6.74. The van der Waals surface area contributed by atoms with E-state index in [0.29, 0.717) is 12.6 Å². The molecule has 0 spiro atoms. The van der Waals surface area contributed by atoms with Crippen molar-refractivity contribution < 1.29 is 0 Å². The summed E-state index contributed by atoms with van der Waals surface area (Å²) < 4.78 is 1.93. The lowest BCUT2D eigenvalue weighted by Gasteiger charge is -2.19. The summed E-state index contributed by atoms with van der Waals surface area (Å²) in [6, 6.07) is 5.36. The van der Waals surface area contributed by atoms with Gasteiger partial charge in [-0.25, -0.2) is 9.97 Å². The van der Waals surface area contributed by atoms with E-state index in [9.17, 15) is 0 Å². The highest BCUT2D eigenvalue weighted by Crippen LogP contribution is 2.29. The van der Waals surface area contributed by atoms with Crippen LogP contribution in [0.3, 0.4) is 0 Å². The lowest BCUT2D eigenvalue weighted by atomic mass is 10.2. The van der Waals surface area contributed by atoms with Crippen LogP contribution in [-0.4, -0.2) is 57.6 Å². The third-order valence-corrected chi connectivity index (χ3v) is 4.91. The van der Waals surface area contributed by atoms with Crippen molar-refractivity contribution in [3.63, 3.8) is 0 Å². The Labute approximate surface area is 148 Å². The van der Waals surface area contributed by atoms with Crippen molar-refractivity contribution in [3.05, 3.63) is 42.6 Å². The van der Waals surface area contributed by atoms with E-state index in [1.165, 1.54) is 25.8 Å². The summed E-state index contributed by atoms with van der Waals surface area (Å²) in [7, 11) is 1.82. The number of aliphatic imine (C=N–C) groups is 1. The maximum absolute atomic E-state index is 4.48. The monoisotopic (exact) mass is 339 g/mol. The molecule has 1 atom stereocenters. The van der Waals surface area contributed by atoms with Gasteiger partial charge in [0.2, 0.25) is 0 Å². The van der Waals surface area contributed by atoms with Crippen LogP contribution in [0.5, 0.6) is 0 Å². The molecular formula is C18H25N7. The first-order valence-electron chi connectivity index (χ1n) is 8.97. The van der Waals surface area contributed by atoms with Gasteiger partial charge in [-0.05, 0) is 25.3 Å². The van der Waals surface area contributed by atoms with E-state index in [1.54, 1.807) is 18.7 Å². The fraction of sp³-hybridized carbons (Fsp3) is 0.500. The number of nitrogens with zero attached hydrogens (tertiary/aromatic N) is 5. The zero-order chi connectivity index (χ0) is 17.1. The predicted octanol–water partition coefficient (Wildman–Crippen LogP) is 1.17. The SMILES string of the molecule is CN=C(NCc1cccnc1-n1ccnc1)NC1CCN(C2CC2)C1. The van der Waals surface area contributed by atoms with Gasteiger partial charge in [0, 0.05) is 62.9 Å². The Morgan fingerprint density at radius 1 is 1.32 bits per heavy atom. The zero-order valence-electron chi connectivity index (χ0n) is 14.6. The zero-order valence-corrected chi connectivity index (χ0v) is 14.6. The summed E-state index contributed by atoms with van der Waals surface area (Å²) in [5.74, 6) is 1.74. The van der Waals surface area contributed by atoms with Crippen molar-refractivity contribution in [1.82, 2.24) is 30.1 Å². The van der Waals surface area contributed by atoms with Gasteiger partial charge in [-0.3, -0.25) is 14.5 Å². The number of hydrogen-bond donors (Lipinski definition) is 2. The molecule has 7 nitrogen and oxygen atoms in total. The number of imidazole rings is 1. The fourth-order valence-electron chi connectivity index (χ4n) is 3.43. The molecule has 3 heterocycles. The van der Waals surface area contributed by atoms with Gasteiger partial charge in [-0.1, -0.05) is 6.07 Å². The van der Waals surface area contributed by atoms with E-state index in [2.05, 4.69) is 36.6 Å². The van der Waals surface area contributed by atoms with Gasteiger partial charge in [0.1, 0.15) is 12.1 Å². The fourth-order valence-corrected chi connectivity index (χ4v) is 3.43. The van der Waals surface area contributed by atoms with Crippen molar-refractivity contribution in [2.45, 2.75) is 37.9 Å². The molecule has 1 saturated heterocycles. The van der Waals surface area contributed by atoms with Gasteiger partial charge in [0.05, 0.1) is 0 Å². The molecule has 25 heavy (non-hydrogen) atoms. The molecule has 2 aromatic heterocycles. The standard InChI is InChI=1S/C18H25N7/c1-19-18(23-15-6-9-24(12-15)16-4-5-16)22-11-14-3-2-7-21-17(14)25-10-8-20-13-25/h2-3,7-8,10,13,15-16H,4-6,9,11-12H2,1H3,(H2,19,22,23). The van der Waals surface area contributed by atoms with Crippen LogP contribution in [0, 0.1) is 0 Å². The van der Waals surface area contributed by atoms with Gasteiger partial charge in [-0.2, -0.15) is 0 Å². The highest BCUT2D eigenvalue weighted by atomic mass is 15.3. The lowest BCUT2D eigenvalue weighted by molar-refractivity contribution is 0.321. The number of hydrogen-bond acceptors (Lipinski definition) is 4. The van der Waals surface area contributed by atoms with E-state index in [4.69, 9.17) is 0 Å². The second kappa shape index (κ2) is 7.23. The number of rotatable bonds is 5. The average molecular weight is 339 g/mol. The topological polar surface area (TPSA) is 70.4 Å². The van der Waals surface area contributed by atoms with Crippen LogP contribution in [0.4, 0.5) is 0 Å². The molecular weight excluding hydrogens is 314 g/mol. The summed E-state index contributed by atoms with van der Waals surface area (Å²) in [6.45, 7) is 2.99. The normalized spacial score (nSPS) is 21.5. The van der Waals surface area contributed by atoms with Gasteiger partial charge >= 0.3 is 0 Å². The van der Waals surface area contributed by atoms with E-state index >= 15 is 0 Å². The first-order chi connectivity index (χ1) is 12.3. The molecule has 0 radical (unpaired) electrons. The Balaban J connectivity index is 1.35. The van der Waals surface area contributed by atoms with Crippen LogP contribution in [0.2, 0.25) is 0 Å². The predicted molar refractivity (Wildman–Crippen MR) is 97.7 cm³/mol. The minimum Gasteiger partial charge on any atom is -0.352 e. The minimum atomic E-state index is 0.480.